The average Bonchev–Trinajstić information content (AvgIpc) is 2.70. The van der Waals surface area contributed by atoms with Crippen LogP contribution in [0.5, 0.6) is 0 Å². The number of alkyl halides is 2. The lowest BCUT2D eigenvalue weighted by molar-refractivity contribution is 0.0257. The summed E-state index contributed by atoms with van der Waals surface area (Å²) in [6.07, 6.45) is 0.974. The van der Waals surface area contributed by atoms with Gasteiger partial charge in [0, 0.05) is 13.0 Å². The predicted molar refractivity (Wildman–Crippen MR) is 51.1 cm³/mol. The van der Waals surface area contributed by atoms with E-state index in [2.05, 4.69) is 4.98 Å². The number of hydrogen-bond acceptors (Lipinski definition) is 5. The first-order valence-electron chi connectivity index (χ1n) is 4.16. The predicted octanol–water partition coefficient (Wildman–Crippen LogP) is 1.23. The van der Waals surface area contributed by atoms with Crippen LogP contribution in [0.4, 0.5) is 13.9 Å². The smallest absolute Gasteiger partial charge is 0.267 e. The first-order chi connectivity index (χ1) is 6.98. The summed E-state index contributed by atoms with van der Waals surface area (Å²) in [6.45, 7) is -0.170. The molecule has 1 aliphatic heterocycles. The van der Waals surface area contributed by atoms with Crippen molar-refractivity contribution in [2.24, 2.45) is 0 Å². The van der Waals surface area contributed by atoms with E-state index in [-0.39, 0.29) is 23.7 Å². The van der Waals surface area contributed by atoms with Crippen molar-refractivity contribution in [1.82, 2.24) is 4.98 Å². The Kier molecular flexibility index (Phi) is 2.73. The molecule has 1 unspecified atom stereocenters. The van der Waals surface area contributed by atoms with Gasteiger partial charge in [0.05, 0.1) is 17.0 Å². The summed E-state index contributed by atoms with van der Waals surface area (Å²) in [6, 6.07) is 0. The minimum Gasteiger partial charge on any atom is -0.768 e. The Bertz CT molecular complexity index is 396. The van der Waals surface area contributed by atoms with Gasteiger partial charge >= 0.3 is 0 Å². The lowest BCUT2D eigenvalue weighted by atomic mass is 10.3. The second-order valence-electron chi connectivity index (χ2n) is 3.22. The van der Waals surface area contributed by atoms with E-state index in [1.165, 1.54) is 11.1 Å². The maximum Gasteiger partial charge on any atom is 0.267 e. The number of halogens is 2. The van der Waals surface area contributed by atoms with Crippen LogP contribution in [-0.4, -0.2) is 32.8 Å². The standard InChI is InChI=1S/C7H8F2N2O2S2/c8-7(9)1-2-11(4-7)6-10-3-5(14-6)15(12)13/h3H,1-2,4H2,(H,12,13)/p-1. The molecule has 15 heavy (non-hydrogen) atoms. The van der Waals surface area contributed by atoms with Crippen molar-refractivity contribution in [3.05, 3.63) is 6.20 Å². The summed E-state index contributed by atoms with van der Waals surface area (Å²) in [4.78, 5) is 5.21. The van der Waals surface area contributed by atoms with E-state index in [0.717, 1.165) is 11.3 Å². The van der Waals surface area contributed by atoms with Gasteiger partial charge in [0.25, 0.3) is 5.92 Å². The molecule has 0 amide bonds. The van der Waals surface area contributed by atoms with Gasteiger partial charge in [-0.1, -0.05) is 11.3 Å². The molecule has 1 fully saturated rings. The van der Waals surface area contributed by atoms with Crippen LogP contribution in [0.3, 0.4) is 0 Å². The van der Waals surface area contributed by atoms with Crippen LogP contribution in [0, 0.1) is 0 Å². The van der Waals surface area contributed by atoms with Crippen molar-refractivity contribution in [3.8, 4) is 0 Å². The fraction of sp³-hybridized carbons (Fsp3) is 0.571. The van der Waals surface area contributed by atoms with Crippen LogP contribution in [0.15, 0.2) is 10.4 Å². The van der Waals surface area contributed by atoms with E-state index in [4.69, 9.17) is 0 Å². The zero-order chi connectivity index (χ0) is 11.1. The highest BCUT2D eigenvalue weighted by molar-refractivity contribution is 7.81. The first kappa shape index (κ1) is 10.9. The molecule has 2 rings (SSSR count). The van der Waals surface area contributed by atoms with Crippen molar-refractivity contribution < 1.29 is 17.5 Å². The topological polar surface area (TPSA) is 56.3 Å². The van der Waals surface area contributed by atoms with Gasteiger partial charge in [-0.2, -0.15) is 0 Å². The van der Waals surface area contributed by atoms with E-state index in [9.17, 15) is 17.5 Å². The van der Waals surface area contributed by atoms with Gasteiger partial charge in [-0.25, -0.2) is 13.8 Å². The summed E-state index contributed by atoms with van der Waals surface area (Å²) >= 11 is -1.43. The number of hydrogen-bond donors (Lipinski definition) is 0. The highest BCUT2D eigenvalue weighted by Crippen LogP contribution is 2.33. The number of anilines is 1. The third kappa shape index (κ3) is 2.32. The highest BCUT2D eigenvalue weighted by Gasteiger charge is 2.39. The van der Waals surface area contributed by atoms with Crippen LogP contribution in [-0.2, 0) is 11.1 Å². The number of rotatable bonds is 2. The Morgan fingerprint density at radius 3 is 2.87 bits per heavy atom. The fourth-order valence-corrected chi connectivity index (χ4v) is 2.68. The summed E-state index contributed by atoms with van der Waals surface area (Å²) in [5.74, 6) is -2.69. The molecular weight excluding hydrogens is 246 g/mol. The molecule has 4 nitrogen and oxygen atoms in total. The zero-order valence-electron chi connectivity index (χ0n) is 7.48. The molecule has 0 aromatic carbocycles. The Balaban J connectivity index is 2.14. The fourth-order valence-electron chi connectivity index (χ4n) is 1.37. The minimum absolute atomic E-state index is 0.0696. The monoisotopic (exact) mass is 253 g/mol. The Hall–Kier alpha value is -0.600. The largest absolute Gasteiger partial charge is 0.768 e. The summed E-state index contributed by atoms with van der Waals surface area (Å²) < 4.78 is 46.9. The van der Waals surface area contributed by atoms with Crippen LogP contribution in [0.1, 0.15) is 6.42 Å². The number of nitrogens with zero attached hydrogens (tertiary/aromatic N) is 2. The van der Waals surface area contributed by atoms with Gasteiger partial charge in [0.15, 0.2) is 5.13 Å². The molecule has 1 saturated heterocycles. The van der Waals surface area contributed by atoms with Crippen molar-refractivity contribution in [2.75, 3.05) is 18.0 Å². The van der Waals surface area contributed by atoms with E-state index >= 15 is 0 Å². The number of thiazole rings is 1. The molecule has 84 valence electrons. The quantitative estimate of drug-likeness (QED) is 0.744. The lowest BCUT2D eigenvalue weighted by Gasteiger charge is -2.13. The van der Waals surface area contributed by atoms with E-state index in [1.54, 1.807) is 0 Å². The van der Waals surface area contributed by atoms with Crippen molar-refractivity contribution in [2.45, 2.75) is 16.6 Å². The molecule has 0 radical (unpaired) electrons. The molecular formula is C7H7F2N2O2S2-. The van der Waals surface area contributed by atoms with Gasteiger partial charge in [-0.05, 0) is 11.1 Å². The van der Waals surface area contributed by atoms with E-state index < -0.39 is 17.0 Å². The van der Waals surface area contributed by atoms with E-state index in [1.807, 2.05) is 0 Å². The van der Waals surface area contributed by atoms with Crippen LogP contribution in [0.2, 0.25) is 0 Å². The summed E-state index contributed by atoms with van der Waals surface area (Å²) in [7, 11) is 0. The first-order valence-corrected chi connectivity index (χ1v) is 6.05. The molecule has 0 N–H and O–H groups in total. The maximum atomic E-state index is 12.9. The zero-order valence-corrected chi connectivity index (χ0v) is 9.12. The third-order valence-corrected chi connectivity index (χ3v) is 4.02. The number of aromatic nitrogens is 1. The van der Waals surface area contributed by atoms with Gasteiger partial charge in [0.2, 0.25) is 0 Å². The van der Waals surface area contributed by atoms with Crippen LogP contribution >= 0.6 is 11.3 Å². The average molecular weight is 253 g/mol. The maximum absolute atomic E-state index is 12.9. The normalized spacial score (nSPS) is 21.9. The molecule has 0 aliphatic carbocycles. The van der Waals surface area contributed by atoms with E-state index in [0.29, 0.717) is 5.13 Å². The second-order valence-corrected chi connectivity index (χ2v) is 5.40. The highest BCUT2D eigenvalue weighted by atomic mass is 32.2. The molecule has 0 bridgehead atoms. The molecule has 8 heteroatoms. The Labute approximate surface area is 91.2 Å². The van der Waals surface area contributed by atoms with Gasteiger partial charge < -0.3 is 9.45 Å². The molecule has 1 aliphatic rings. The van der Waals surface area contributed by atoms with Gasteiger partial charge in [0.1, 0.15) is 0 Å². The lowest BCUT2D eigenvalue weighted by Crippen LogP contribution is -2.24. The van der Waals surface area contributed by atoms with Crippen LogP contribution in [0.25, 0.3) is 0 Å². The third-order valence-electron chi connectivity index (χ3n) is 2.08. The summed E-state index contributed by atoms with van der Waals surface area (Å²) in [5.41, 5.74) is 0. The van der Waals surface area contributed by atoms with Crippen molar-refractivity contribution >= 4 is 27.5 Å². The van der Waals surface area contributed by atoms with Gasteiger partial charge in [-0.15, -0.1) is 0 Å². The molecule has 0 spiro atoms. The van der Waals surface area contributed by atoms with Gasteiger partial charge in [-0.3, -0.25) is 4.21 Å². The Morgan fingerprint density at radius 1 is 1.67 bits per heavy atom. The molecule has 1 aromatic rings. The molecule has 1 aromatic heterocycles. The minimum atomic E-state index is -2.69. The Morgan fingerprint density at radius 2 is 2.40 bits per heavy atom. The molecule has 0 saturated carbocycles. The summed E-state index contributed by atoms with van der Waals surface area (Å²) in [5, 5.41) is 0.339. The van der Waals surface area contributed by atoms with Crippen molar-refractivity contribution in [1.29, 1.82) is 0 Å². The van der Waals surface area contributed by atoms with Crippen LogP contribution < -0.4 is 4.90 Å². The molecule has 2 heterocycles. The second kappa shape index (κ2) is 3.76. The van der Waals surface area contributed by atoms with Crippen molar-refractivity contribution in [3.63, 3.8) is 0 Å². The SMILES string of the molecule is O=S([O-])c1cnc(N2CCC(F)(F)C2)s1. The molecule has 1 atom stereocenters.